The SMILES string of the molecule is CC(C)(C)C1NC(=O)C(C)(C)N(Cc2ccccn2)C1=O. The van der Waals surface area contributed by atoms with Crippen LogP contribution in [0.4, 0.5) is 0 Å². The van der Waals surface area contributed by atoms with Crippen molar-refractivity contribution in [3.8, 4) is 0 Å². The van der Waals surface area contributed by atoms with Crippen LogP contribution in [0.3, 0.4) is 0 Å². The molecule has 0 aromatic carbocycles. The van der Waals surface area contributed by atoms with Gasteiger partial charge in [-0.2, -0.15) is 0 Å². The van der Waals surface area contributed by atoms with E-state index in [1.54, 1.807) is 24.9 Å². The fourth-order valence-corrected chi connectivity index (χ4v) is 2.44. The fourth-order valence-electron chi connectivity index (χ4n) is 2.44. The van der Waals surface area contributed by atoms with Gasteiger partial charge in [-0.05, 0) is 31.4 Å². The first-order valence-electron chi connectivity index (χ1n) is 7.16. The quantitative estimate of drug-likeness (QED) is 0.902. The predicted octanol–water partition coefficient (Wildman–Crippen LogP) is 1.73. The normalized spacial score (nSPS) is 22.1. The van der Waals surface area contributed by atoms with E-state index in [2.05, 4.69) is 10.3 Å². The summed E-state index contributed by atoms with van der Waals surface area (Å²) < 4.78 is 0. The van der Waals surface area contributed by atoms with Gasteiger partial charge in [0.2, 0.25) is 11.8 Å². The van der Waals surface area contributed by atoms with Crippen LogP contribution in [-0.4, -0.2) is 33.3 Å². The van der Waals surface area contributed by atoms with Gasteiger partial charge in [0.1, 0.15) is 11.6 Å². The highest BCUT2D eigenvalue weighted by molar-refractivity contribution is 5.99. The van der Waals surface area contributed by atoms with Crippen LogP contribution in [0.15, 0.2) is 24.4 Å². The summed E-state index contributed by atoms with van der Waals surface area (Å²) in [6, 6.07) is 5.06. The summed E-state index contributed by atoms with van der Waals surface area (Å²) in [7, 11) is 0. The topological polar surface area (TPSA) is 62.3 Å². The summed E-state index contributed by atoms with van der Waals surface area (Å²) in [5, 5.41) is 2.86. The van der Waals surface area contributed by atoms with Crippen molar-refractivity contribution in [2.24, 2.45) is 5.41 Å². The van der Waals surface area contributed by atoms with E-state index in [1.165, 1.54) is 0 Å². The van der Waals surface area contributed by atoms with Crippen molar-refractivity contribution in [1.82, 2.24) is 15.2 Å². The van der Waals surface area contributed by atoms with Crippen molar-refractivity contribution in [3.05, 3.63) is 30.1 Å². The minimum atomic E-state index is -0.879. The zero-order chi connectivity index (χ0) is 15.8. The van der Waals surface area contributed by atoms with Crippen molar-refractivity contribution >= 4 is 11.8 Å². The van der Waals surface area contributed by atoms with Crippen LogP contribution < -0.4 is 5.32 Å². The maximum absolute atomic E-state index is 12.8. The number of carbonyl (C=O) groups excluding carboxylic acids is 2. The van der Waals surface area contributed by atoms with Crippen LogP contribution in [0.5, 0.6) is 0 Å². The molecule has 0 aliphatic carbocycles. The minimum Gasteiger partial charge on any atom is -0.342 e. The van der Waals surface area contributed by atoms with Crippen molar-refractivity contribution in [3.63, 3.8) is 0 Å². The summed E-state index contributed by atoms with van der Waals surface area (Å²) in [4.78, 5) is 31.1. The molecule has 21 heavy (non-hydrogen) atoms. The molecule has 0 saturated carbocycles. The molecule has 1 aromatic rings. The lowest BCUT2D eigenvalue weighted by atomic mass is 9.82. The van der Waals surface area contributed by atoms with E-state index in [-0.39, 0.29) is 17.2 Å². The molecule has 114 valence electrons. The van der Waals surface area contributed by atoms with Gasteiger partial charge in [-0.3, -0.25) is 14.6 Å². The van der Waals surface area contributed by atoms with Gasteiger partial charge in [0.05, 0.1) is 12.2 Å². The third-order valence-electron chi connectivity index (χ3n) is 3.93. The van der Waals surface area contributed by atoms with E-state index in [0.717, 1.165) is 5.69 Å². The van der Waals surface area contributed by atoms with E-state index in [1.807, 2.05) is 39.0 Å². The Morgan fingerprint density at radius 3 is 2.48 bits per heavy atom. The Morgan fingerprint density at radius 1 is 1.29 bits per heavy atom. The lowest BCUT2D eigenvalue weighted by Gasteiger charge is -2.47. The van der Waals surface area contributed by atoms with Gasteiger partial charge in [-0.1, -0.05) is 26.8 Å². The Morgan fingerprint density at radius 2 is 1.95 bits per heavy atom. The Hall–Kier alpha value is -1.91. The molecule has 0 radical (unpaired) electrons. The second-order valence-corrected chi connectivity index (χ2v) is 7.08. The molecule has 2 amide bonds. The third kappa shape index (κ3) is 2.91. The number of piperazine rings is 1. The monoisotopic (exact) mass is 289 g/mol. The van der Waals surface area contributed by atoms with Gasteiger partial charge in [0.15, 0.2) is 0 Å². The number of amides is 2. The average Bonchev–Trinajstić information content (AvgIpc) is 2.39. The highest BCUT2D eigenvalue weighted by Crippen LogP contribution is 2.30. The number of pyridine rings is 1. The van der Waals surface area contributed by atoms with Gasteiger partial charge >= 0.3 is 0 Å². The summed E-state index contributed by atoms with van der Waals surface area (Å²) in [5.74, 6) is -0.185. The number of carbonyl (C=O) groups is 2. The van der Waals surface area contributed by atoms with Crippen LogP contribution in [0.1, 0.15) is 40.3 Å². The predicted molar refractivity (Wildman–Crippen MR) is 80.3 cm³/mol. The number of aromatic nitrogens is 1. The molecule has 1 aliphatic rings. The molecule has 1 aromatic heterocycles. The molecule has 1 N–H and O–H groups in total. The summed E-state index contributed by atoms with van der Waals surface area (Å²) >= 11 is 0. The van der Waals surface area contributed by atoms with E-state index < -0.39 is 11.6 Å². The smallest absolute Gasteiger partial charge is 0.246 e. The van der Waals surface area contributed by atoms with Gasteiger partial charge in [0, 0.05) is 6.20 Å². The molecule has 1 unspecified atom stereocenters. The number of hydrogen-bond acceptors (Lipinski definition) is 3. The first kappa shape index (κ1) is 15.5. The molecule has 0 spiro atoms. The van der Waals surface area contributed by atoms with Crippen LogP contribution >= 0.6 is 0 Å². The van der Waals surface area contributed by atoms with Gasteiger partial charge < -0.3 is 10.2 Å². The average molecular weight is 289 g/mol. The minimum absolute atomic E-state index is 0.0576. The first-order valence-corrected chi connectivity index (χ1v) is 7.16. The van der Waals surface area contributed by atoms with E-state index in [9.17, 15) is 9.59 Å². The molecule has 0 bridgehead atoms. The number of nitrogens with zero attached hydrogens (tertiary/aromatic N) is 2. The highest BCUT2D eigenvalue weighted by atomic mass is 16.2. The Labute approximate surface area is 125 Å². The zero-order valence-corrected chi connectivity index (χ0v) is 13.3. The number of hydrogen-bond donors (Lipinski definition) is 1. The molecule has 5 nitrogen and oxygen atoms in total. The van der Waals surface area contributed by atoms with Crippen molar-refractivity contribution < 1.29 is 9.59 Å². The number of nitrogens with one attached hydrogen (secondary N) is 1. The largest absolute Gasteiger partial charge is 0.342 e. The molecular weight excluding hydrogens is 266 g/mol. The third-order valence-corrected chi connectivity index (χ3v) is 3.93. The van der Waals surface area contributed by atoms with Crippen LogP contribution in [0.25, 0.3) is 0 Å². The standard InChI is InChI=1S/C16H23N3O2/c1-15(2,3)12-13(20)19(16(4,5)14(21)18-12)10-11-8-6-7-9-17-11/h6-9,12H,10H2,1-5H3,(H,18,21). The summed E-state index contributed by atoms with van der Waals surface area (Å²) in [5.41, 5.74) is -0.427. The van der Waals surface area contributed by atoms with E-state index >= 15 is 0 Å². The molecule has 1 saturated heterocycles. The molecule has 5 heteroatoms. The van der Waals surface area contributed by atoms with Crippen LogP contribution in [-0.2, 0) is 16.1 Å². The first-order chi connectivity index (χ1) is 9.64. The lowest BCUT2D eigenvalue weighted by molar-refractivity contribution is -0.159. The molecule has 2 heterocycles. The van der Waals surface area contributed by atoms with Crippen molar-refractivity contribution in [1.29, 1.82) is 0 Å². The molecule has 1 fully saturated rings. The van der Waals surface area contributed by atoms with Gasteiger partial charge in [-0.15, -0.1) is 0 Å². The highest BCUT2D eigenvalue weighted by Gasteiger charge is 2.49. The van der Waals surface area contributed by atoms with Gasteiger partial charge in [-0.25, -0.2) is 0 Å². The Kier molecular flexibility index (Phi) is 3.78. The van der Waals surface area contributed by atoms with E-state index in [0.29, 0.717) is 6.54 Å². The zero-order valence-electron chi connectivity index (χ0n) is 13.3. The second kappa shape index (κ2) is 5.13. The van der Waals surface area contributed by atoms with Crippen LogP contribution in [0, 0.1) is 5.41 Å². The maximum Gasteiger partial charge on any atom is 0.246 e. The number of rotatable bonds is 2. The summed E-state index contributed by atoms with van der Waals surface area (Å²) in [6.45, 7) is 9.73. The molecule has 2 rings (SSSR count). The molecule has 1 atom stereocenters. The maximum atomic E-state index is 12.8. The van der Waals surface area contributed by atoms with Gasteiger partial charge in [0.25, 0.3) is 0 Å². The van der Waals surface area contributed by atoms with Crippen molar-refractivity contribution in [2.75, 3.05) is 0 Å². The fraction of sp³-hybridized carbons (Fsp3) is 0.562. The van der Waals surface area contributed by atoms with Crippen LogP contribution in [0.2, 0.25) is 0 Å². The van der Waals surface area contributed by atoms with Crippen molar-refractivity contribution in [2.45, 2.75) is 52.7 Å². The Bertz CT molecular complexity index is 546. The summed E-state index contributed by atoms with van der Waals surface area (Å²) in [6.07, 6.45) is 1.69. The van der Waals surface area contributed by atoms with E-state index in [4.69, 9.17) is 0 Å². The molecular formula is C16H23N3O2. The second-order valence-electron chi connectivity index (χ2n) is 7.08. The Balaban J connectivity index is 2.34. The lowest BCUT2D eigenvalue weighted by Crippen LogP contribution is -2.70. The molecule has 1 aliphatic heterocycles.